The van der Waals surface area contributed by atoms with Gasteiger partial charge < -0.3 is 15.2 Å². The molecule has 0 radical (unpaired) electrons. The lowest BCUT2D eigenvalue weighted by Crippen LogP contribution is -2.35. The van der Waals surface area contributed by atoms with E-state index in [0.29, 0.717) is 5.75 Å². The average Bonchev–Trinajstić information content (AvgIpc) is 2.30. The molecule has 0 aliphatic rings. The van der Waals surface area contributed by atoms with Crippen LogP contribution >= 0.6 is 0 Å². The molecule has 4 N–H and O–H groups in total. The summed E-state index contributed by atoms with van der Waals surface area (Å²) < 4.78 is 35.7. The van der Waals surface area contributed by atoms with Gasteiger partial charge in [-0.05, 0) is 12.1 Å². The Morgan fingerprint density at radius 2 is 2.00 bits per heavy atom. The third kappa shape index (κ3) is 3.70. The lowest BCUT2D eigenvalue weighted by molar-refractivity contribution is 0.177. The molecular weight excluding hydrogens is 262 g/mol. The van der Waals surface area contributed by atoms with E-state index in [1.54, 1.807) is 4.72 Å². The Bertz CT molecular complexity index is 543. The molecule has 0 saturated carbocycles. The van der Waals surface area contributed by atoms with Gasteiger partial charge in [-0.15, -0.1) is 0 Å². The Kier molecular flexibility index (Phi) is 4.21. The van der Waals surface area contributed by atoms with E-state index in [1.165, 1.54) is 25.3 Å². The van der Waals surface area contributed by atoms with E-state index in [9.17, 15) is 13.2 Å². The molecule has 1 aromatic carbocycles. The summed E-state index contributed by atoms with van der Waals surface area (Å²) in [6.45, 7) is 0. The zero-order chi connectivity index (χ0) is 13.8. The number of amides is 1. The molecule has 0 aliphatic carbocycles. The average molecular weight is 275 g/mol. The third-order valence-corrected chi connectivity index (χ3v) is 2.83. The molecule has 8 nitrogen and oxygen atoms in total. The molecule has 9 heteroatoms. The Balaban J connectivity index is 2.87. The number of rotatable bonds is 4. The van der Waals surface area contributed by atoms with Crippen molar-refractivity contribution in [2.75, 3.05) is 24.7 Å². The highest BCUT2D eigenvalue weighted by Gasteiger charge is 2.15. The first-order chi connectivity index (χ1) is 8.38. The van der Waals surface area contributed by atoms with E-state index >= 15 is 0 Å². The van der Waals surface area contributed by atoms with Crippen LogP contribution in [-0.2, 0) is 14.9 Å². The normalized spacial score (nSPS) is 10.6. The minimum atomic E-state index is -4.08. The van der Waals surface area contributed by atoms with Crippen LogP contribution < -0.4 is 19.9 Å². The third-order valence-electron chi connectivity index (χ3n) is 1.91. The first-order valence-corrected chi connectivity index (χ1v) is 6.18. The minimum Gasteiger partial charge on any atom is -0.497 e. The summed E-state index contributed by atoms with van der Waals surface area (Å²) in [6.07, 6.45) is -1.10. The maximum Gasteiger partial charge on any atom is 0.422 e. The molecule has 0 aromatic heterocycles. The molecule has 0 spiro atoms. The number of carbonyl (C=O) groups excluding carboxylic acids is 1. The molecule has 0 aliphatic heterocycles. The predicted octanol–water partition coefficient (Wildman–Crippen LogP) is 0.290. The second kappa shape index (κ2) is 5.45. The maximum atomic E-state index is 11.5. The van der Waals surface area contributed by atoms with Gasteiger partial charge in [0.15, 0.2) is 0 Å². The SMILES string of the molecule is COC(=O)NS(=O)(=O)Nc1ccc(OC)cc1N. The van der Waals surface area contributed by atoms with Crippen molar-refractivity contribution in [3.8, 4) is 5.75 Å². The molecule has 0 saturated heterocycles. The van der Waals surface area contributed by atoms with Crippen LogP contribution in [0.25, 0.3) is 0 Å². The number of ether oxygens (including phenoxy) is 2. The number of hydrogen-bond donors (Lipinski definition) is 3. The largest absolute Gasteiger partial charge is 0.497 e. The highest BCUT2D eigenvalue weighted by Crippen LogP contribution is 2.24. The van der Waals surface area contributed by atoms with E-state index in [4.69, 9.17) is 10.5 Å². The van der Waals surface area contributed by atoms with Crippen molar-refractivity contribution >= 4 is 27.7 Å². The Morgan fingerprint density at radius 1 is 1.33 bits per heavy atom. The van der Waals surface area contributed by atoms with Gasteiger partial charge in [0.25, 0.3) is 0 Å². The minimum absolute atomic E-state index is 0.118. The summed E-state index contributed by atoms with van der Waals surface area (Å²) in [5.74, 6) is 0.483. The van der Waals surface area contributed by atoms with Crippen molar-refractivity contribution in [2.45, 2.75) is 0 Å². The number of hydrogen-bond acceptors (Lipinski definition) is 6. The van der Waals surface area contributed by atoms with E-state index in [1.807, 2.05) is 0 Å². The van der Waals surface area contributed by atoms with Gasteiger partial charge in [0, 0.05) is 6.07 Å². The van der Waals surface area contributed by atoms with Crippen molar-refractivity contribution in [3.63, 3.8) is 0 Å². The number of anilines is 2. The molecular formula is C9H13N3O5S. The summed E-state index contributed by atoms with van der Waals surface area (Å²) >= 11 is 0. The second-order valence-corrected chi connectivity index (χ2v) is 4.57. The number of carbonyl (C=O) groups is 1. The highest BCUT2D eigenvalue weighted by atomic mass is 32.2. The van der Waals surface area contributed by atoms with E-state index in [2.05, 4.69) is 9.46 Å². The van der Waals surface area contributed by atoms with Crippen molar-refractivity contribution in [3.05, 3.63) is 18.2 Å². The predicted molar refractivity (Wildman–Crippen MR) is 65.5 cm³/mol. The molecule has 0 heterocycles. The van der Waals surface area contributed by atoms with Crippen LogP contribution in [0.2, 0.25) is 0 Å². The number of methoxy groups -OCH3 is 2. The Labute approximate surface area is 104 Å². The summed E-state index contributed by atoms with van der Waals surface area (Å²) in [4.78, 5) is 10.8. The van der Waals surface area contributed by atoms with E-state index in [-0.39, 0.29) is 11.4 Å². The highest BCUT2D eigenvalue weighted by molar-refractivity contribution is 7.91. The smallest absolute Gasteiger partial charge is 0.422 e. The molecule has 1 rings (SSSR count). The fourth-order valence-corrected chi connectivity index (χ4v) is 1.91. The molecule has 0 atom stereocenters. The topological polar surface area (TPSA) is 120 Å². The number of benzene rings is 1. The molecule has 0 unspecified atom stereocenters. The molecule has 1 aromatic rings. The van der Waals surface area contributed by atoms with Crippen LogP contribution in [-0.4, -0.2) is 28.7 Å². The number of nitrogen functional groups attached to an aromatic ring is 1. The summed E-state index contributed by atoms with van der Waals surface area (Å²) in [5, 5.41) is 0. The van der Waals surface area contributed by atoms with Crippen LogP contribution in [0, 0.1) is 0 Å². The molecule has 100 valence electrons. The van der Waals surface area contributed by atoms with Gasteiger partial charge in [0.1, 0.15) is 5.75 Å². The summed E-state index contributed by atoms with van der Waals surface area (Å²) in [7, 11) is -1.58. The fraction of sp³-hybridized carbons (Fsp3) is 0.222. The van der Waals surface area contributed by atoms with Gasteiger partial charge in [-0.2, -0.15) is 8.42 Å². The first kappa shape index (κ1) is 13.9. The van der Waals surface area contributed by atoms with E-state index < -0.39 is 16.3 Å². The van der Waals surface area contributed by atoms with Crippen molar-refractivity contribution in [1.82, 2.24) is 4.72 Å². The van der Waals surface area contributed by atoms with Crippen LogP contribution in [0.15, 0.2) is 18.2 Å². The molecule has 0 bridgehead atoms. The van der Waals surface area contributed by atoms with Crippen LogP contribution in [0.3, 0.4) is 0 Å². The Morgan fingerprint density at radius 3 is 2.50 bits per heavy atom. The van der Waals surface area contributed by atoms with E-state index in [0.717, 1.165) is 7.11 Å². The van der Waals surface area contributed by atoms with Gasteiger partial charge >= 0.3 is 16.3 Å². The molecule has 18 heavy (non-hydrogen) atoms. The zero-order valence-corrected chi connectivity index (χ0v) is 10.6. The number of nitrogens with one attached hydrogen (secondary N) is 2. The lowest BCUT2D eigenvalue weighted by Gasteiger charge is -2.11. The van der Waals surface area contributed by atoms with Gasteiger partial charge in [-0.3, -0.25) is 4.72 Å². The standard InChI is InChI=1S/C9H13N3O5S/c1-16-6-3-4-8(7(10)5-6)11-18(14,15)12-9(13)17-2/h3-5,11H,10H2,1-2H3,(H,12,13). The monoisotopic (exact) mass is 275 g/mol. The van der Waals surface area contributed by atoms with Crippen molar-refractivity contribution in [2.24, 2.45) is 0 Å². The maximum absolute atomic E-state index is 11.5. The van der Waals surface area contributed by atoms with Gasteiger partial charge in [0.2, 0.25) is 0 Å². The summed E-state index contributed by atoms with van der Waals surface area (Å²) in [6, 6.07) is 4.37. The van der Waals surface area contributed by atoms with Crippen LogP contribution in [0.1, 0.15) is 0 Å². The summed E-state index contributed by atoms with van der Waals surface area (Å²) in [5.41, 5.74) is 5.89. The van der Waals surface area contributed by atoms with Gasteiger partial charge in [-0.25, -0.2) is 9.52 Å². The quantitative estimate of drug-likeness (QED) is 0.679. The number of nitrogens with two attached hydrogens (primary N) is 1. The molecule has 1 amide bonds. The second-order valence-electron chi connectivity index (χ2n) is 3.15. The van der Waals surface area contributed by atoms with Crippen molar-refractivity contribution in [1.29, 1.82) is 0 Å². The van der Waals surface area contributed by atoms with Crippen LogP contribution in [0.5, 0.6) is 5.75 Å². The lowest BCUT2D eigenvalue weighted by atomic mass is 10.2. The zero-order valence-electron chi connectivity index (χ0n) is 9.76. The Hall–Kier alpha value is -2.16. The van der Waals surface area contributed by atoms with Crippen molar-refractivity contribution < 1.29 is 22.7 Å². The first-order valence-electron chi connectivity index (χ1n) is 4.70. The van der Waals surface area contributed by atoms with Gasteiger partial charge in [0.05, 0.1) is 25.6 Å². The van der Waals surface area contributed by atoms with Gasteiger partial charge in [-0.1, -0.05) is 0 Å². The molecule has 0 fully saturated rings. The van der Waals surface area contributed by atoms with Crippen LogP contribution in [0.4, 0.5) is 16.2 Å². The fourth-order valence-electron chi connectivity index (χ4n) is 1.08.